The number of halogens is 2. The number of nitro benzene ring substituents is 1. The quantitative estimate of drug-likeness (QED) is 0.427. The second kappa shape index (κ2) is 6.24. The van der Waals surface area contributed by atoms with Gasteiger partial charge in [0.1, 0.15) is 11.5 Å². The molecule has 0 amide bonds. The Morgan fingerprint density at radius 2 is 2.00 bits per heavy atom. The third-order valence-corrected chi connectivity index (χ3v) is 3.76. The Hall–Kier alpha value is -1.59. The van der Waals surface area contributed by atoms with Crippen LogP contribution in [0.15, 0.2) is 36.4 Å². The van der Waals surface area contributed by atoms with E-state index in [1.807, 2.05) is 12.1 Å². The number of hydrogen-bond donors (Lipinski definition) is 0. The predicted octanol–water partition coefficient (Wildman–Crippen LogP) is 5.24. The van der Waals surface area contributed by atoms with Gasteiger partial charge in [0.15, 0.2) is 0 Å². The molecule has 0 N–H and O–H groups in total. The molecule has 0 fully saturated rings. The summed E-state index contributed by atoms with van der Waals surface area (Å²) < 4.78 is 5.79. The Labute approximate surface area is 129 Å². The maximum absolute atomic E-state index is 10.9. The Kier molecular flexibility index (Phi) is 4.62. The van der Waals surface area contributed by atoms with E-state index in [2.05, 4.69) is 15.9 Å². The molecule has 0 aromatic heterocycles. The van der Waals surface area contributed by atoms with Crippen molar-refractivity contribution in [2.45, 2.75) is 12.3 Å². The second-order valence-corrected chi connectivity index (χ2v) is 5.09. The molecule has 0 atom stereocenters. The van der Waals surface area contributed by atoms with E-state index in [-0.39, 0.29) is 5.69 Å². The van der Waals surface area contributed by atoms with Gasteiger partial charge in [-0.3, -0.25) is 10.1 Å². The van der Waals surface area contributed by atoms with Crippen molar-refractivity contribution in [2.75, 3.05) is 0 Å². The second-order valence-electron chi connectivity index (χ2n) is 4.12. The van der Waals surface area contributed by atoms with Gasteiger partial charge in [-0.2, -0.15) is 0 Å². The fraction of sp³-hybridized carbons (Fsp3) is 0.143. The van der Waals surface area contributed by atoms with Crippen LogP contribution in [-0.4, -0.2) is 4.92 Å². The minimum Gasteiger partial charge on any atom is -0.455 e. The molecular formula is C14H11BrClNO3. The number of alkyl halides is 1. The molecule has 0 radical (unpaired) electrons. The summed E-state index contributed by atoms with van der Waals surface area (Å²) in [6.45, 7) is 1.65. The highest BCUT2D eigenvalue weighted by molar-refractivity contribution is 9.08. The van der Waals surface area contributed by atoms with E-state index in [4.69, 9.17) is 16.3 Å². The summed E-state index contributed by atoms with van der Waals surface area (Å²) in [6.07, 6.45) is 0. The molecule has 0 aliphatic rings. The van der Waals surface area contributed by atoms with Crippen LogP contribution in [0.4, 0.5) is 5.69 Å². The lowest BCUT2D eigenvalue weighted by Gasteiger charge is -2.13. The molecule has 4 nitrogen and oxygen atoms in total. The highest BCUT2D eigenvalue weighted by Gasteiger charge is 2.16. The van der Waals surface area contributed by atoms with Crippen LogP contribution in [0.1, 0.15) is 11.1 Å². The topological polar surface area (TPSA) is 52.4 Å². The van der Waals surface area contributed by atoms with Gasteiger partial charge in [-0.05, 0) is 19.1 Å². The lowest BCUT2D eigenvalue weighted by Crippen LogP contribution is -1.96. The summed E-state index contributed by atoms with van der Waals surface area (Å²) in [5.74, 6) is 0.934. The summed E-state index contributed by atoms with van der Waals surface area (Å²) in [5.41, 5.74) is 1.37. The monoisotopic (exact) mass is 355 g/mol. The van der Waals surface area contributed by atoms with Crippen LogP contribution in [0.25, 0.3) is 0 Å². The predicted molar refractivity (Wildman–Crippen MR) is 82.0 cm³/mol. The zero-order valence-corrected chi connectivity index (χ0v) is 12.9. The van der Waals surface area contributed by atoms with Crippen molar-refractivity contribution in [1.29, 1.82) is 0 Å². The van der Waals surface area contributed by atoms with Crippen LogP contribution < -0.4 is 4.74 Å². The van der Waals surface area contributed by atoms with E-state index in [1.54, 1.807) is 25.1 Å². The Morgan fingerprint density at radius 3 is 2.65 bits per heavy atom. The van der Waals surface area contributed by atoms with Crippen LogP contribution in [0.3, 0.4) is 0 Å². The van der Waals surface area contributed by atoms with Gasteiger partial charge < -0.3 is 4.74 Å². The molecule has 0 spiro atoms. The first-order chi connectivity index (χ1) is 9.54. The molecule has 0 saturated heterocycles. The first kappa shape index (κ1) is 14.8. The van der Waals surface area contributed by atoms with Crippen molar-refractivity contribution >= 4 is 33.2 Å². The lowest BCUT2D eigenvalue weighted by atomic mass is 10.1. The molecule has 0 aliphatic carbocycles. The van der Waals surface area contributed by atoms with Gasteiger partial charge in [0.25, 0.3) is 5.69 Å². The summed E-state index contributed by atoms with van der Waals surface area (Å²) in [6, 6.07) is 10.1. The maximum atomic E-state index is 10.9. The highest BCUT2D eigenvalue weighted by atomic mass is 79.9. The van der Waals surface area contributed by atoms with Crippen LogP contribution in [-0.2, 0) is 5.33 Å². The average Bonchev–Trinajstić information content (AvgIpc) is 2.42. The van der Waals surface area contributed by atoms with Crippen molar-refractivity contribution in [3.05, 3.63) is 62.7 Å². The zero-order chi connectivity index (χ0) is 14.7. The Balaban J connectivity index is 2.46. The number of benzene rings is 2. The van der Waals surface area contributed by atoms with Crippen molar-refractivity contribution in [1.82, 2.24) is 0 Å². The molecule has 0 aliphatic heterocycles. The zero-order valence-electron chi connectivity index (χ0n) is 10.6. The molecule has 2 aromatic rings. The average molecular weight is 357 g/mol. The van der Waals surface area contributed by atoms with E-state index in [0.29, 0.717) is 27.4 Å². The number of nitrogens with zero attached hydrogens (tertiary/aromatic N) is 1. The number of hydrogen-bond acceptors (Lipinski definition) is 3. The molecule has 6 heteroatoms. The fourth-order valence-electron chi connectivity index (χ4n) is 1.79. The number of ether oxygens (including phenoxy) is 1. The molecule has 0 heterocycles. The van der Waals surface area contributed by atoms with Crippen LogP contribution >= 0.6 is 27.5 Å². The lowest BCUT2D eigenvalue weighted by molar-refractivity contribution is -0.385. The molecular weight excluding hydrogens is 346 g/mol. The number of rotatable bonds is 4. The minimum absolute atomic E-state index is 0.0231. The third-order valence-electron chi connectivity index (χ3n) is 2.86. The smallest absolute Gasteiger partial charge is 0.276 e. The normalized spacial score (nSPS) is 10.3. The molecule has 0 bridgehead atoms. The van der Waals surface area contributed by atoms with E-state index >= 15 is 0 Å². The third kappa shape index (κ3) is 2.94. The molecule has 0 unspecified atom stereocenters. The number of para-hydroxylation sites is 1. The van der Waals surface area contributed by atoms with Gasteiger partial charge >= 0.3 is 0 Å². The van der Waals surface area contributed by atoms with Gasteiger partial charge in [-0.25, -0.2) is 0 Å². The summed E-state index contributed by atoms with van der Waals surface area (Å²) in [5, 5.41) is 12.0. The first-order valence-electron chi connectivity index (χ1n) is 5.79. The molecule has 2 rings (SSSR count). The van der Waals surface area contributed by atoms with E-state index in [0.717, 1.165) is 5.56 Å². The Morgan fingerprint density at radius 1 is 1.30 bits per heavy atom. The standard InChI is InChI=1S/C14H11BrClNO3/c1-9-12(17(18)19)6-3-7-13(9)20-14-10(8-15)4-2-5-11(14)16/h2-7H,8H2,1H3. The van der Waals surface area contributed by atoms with Gasteiger partial charge in [0.05, 0.1) is 15.5 Å². The first-order valence-corrected chi connectivity index (χ1v) is 7.29. The van der Waals surface area contributed by atoms with Gasteiger partial charge in [-0.15, -0.1) is 0 Å². The van der Waals surface area contributed by atoms with Gasteiger partial charge in [-0.1, -0.05) is 45.7 Å². The van der Waals surface area contributed by atoms with Crippen molar-refractivity contribution in [3.8, 4) is 11.5 Å². The van der Waals surface area contributed by atoms with Crippen LogP contribution in [0, 0.1) is 17.0 Å². The van der Waals surface area contributed by atoms with E-state index in [1.165, 1.54) is 6.07 Å². The SMILES string of the molecule is Cc1c(Oc2c(Cl)cccc2CBr)cccc1[N+](=O)[O-]. The van der Waals surface area contributed by atoms with Crippen molar-refractivity contribution < 1.29 is 9.66 Å². The number of nitro groups is 1. The molecule has 0 saturated carbocycles. The van der Waals surface area contributed by atoms with Crippen molar-refractivity contribution in [3.63, 3.8) is 0 Å². The molecule has 104 valence electrons. The van der Waals surface area contributed by atoms with Gasteiger partial charge in [0.2, 0.25) is 0 Å². The summed E-state index contributed by atoms with van der Waals surface area (Å²) >= 11 is 9.50. The fourth-order valence-corrected chi connectivity index (χ4v) is 2.47. The van der Waals surface area contributed by atoms with Gasteiger partial charge in [0, 0.05) is 17.0 Å². The van der Waals surface area contributed by atoms with Crippen molar-refractivity contribution in [2.24, 2.45) is 0 Å². The maximum Gasteiger partial charge on any atom is 0.276 e. The van der Waals surface area contributed by atoms with Crippen LogP contribution in [0.2, 0.25) is 5.02 Å². The molecule has 20 heavy (non-hydrogen) atoms. The largest absolute Gasteiger partial charge is 0.455 e. The highest BCUT2D eigenvalue weighted by Crippen LogP contribution is 2.37. The molecule has 2 aromatic carbocycles. The minimum atomic E-state index is -0.430. The van der Waals surface area contributed by atoms with E-state index in [9.17, 15) is 10.1 Å². The Bertz CT molecular complexity index is 661. The summed E-state index contributed by atoms with van der Waals surface area (Å²) in [4.78, 5) is 10.5. The van der Waals surface area contributed by atoms with E-state index < -0.39 is 4.92 Å². The summed E-state index contributed by atoms with van der Waals surface area (Å²) in [7, 11) is 0. The van der Waals surface area contributed by atoms with Crippen LogP contribution in [0.5, 0.6) is 11.5 Å².